The minimum Gasteiger partial charge on any atom is -0.261 e. The monoisotopic (exact) mass is 361 g/mol. The summed E-state index contributed by atoms with van der Waals surface area (Å²) >= 11 is 0. The average Bonchev–Trinajstić information content (AvgIpc) is 2.60. The molecule has 0 N–H and O–H groups in total. The van der Waals surface area contributed by atoms with Gasteiger partial charge >= 0.3 is 11.8 Å². The Morgan fingerprint density at radius 1 is 0.808 bits per heavy atom. The molecule has 26 heavy (non-hydrogen) atoms. The summed E-state index contributed by atoms with van der Waals surface area (Å²) in [6, 6.07) is 9.28. The fourth-order valence-corrected chi connectivity index (χ4v) is 3.04. The van der Waals surface area contributed by atoms with Crippen LogP contribution >= 0.6 is 0 Å². The van der Waals surface area contributed by atoms with E-state index < -0.39 is 23.0 Å². The second-order valence-electron chi connectivity index (χ2n) is 6.44. The molecule has 0 saturated carbocycles. The lowest BCUT2D eigenvalue weighted by Crippen LogP contribution is -2.44. The summed E-state index contributed by atoms with van der Waals surface area (Å²) in [5.41, 5.74) is 0.324. The van der Waals surface area contributed by atoms with E-state index in [9.17, 15) is 17.6 Å². The van der Waals surface area contributed by atoms with Crippen molar-refractivity contribution in [2.45, 2.75) is 38.5 Å². The van der Waals surface area contributed by atoms with E-state index in [2.05, 4.69) is 4.98 Å². The average molecular weight is 361 g/mol. The fraction of sp³-hybridized carbons (Fsp3) is 0.286. The van der Waals surface area contributed by atoms with Gasteiger partial charge in [-0.1, -0.05) is 55.8 Å². The van der Waals surface area contributed by atoms with Crippen molar-refractivity contribution >= 4 is 11.1 Å². The van der Waals surface area contributed by atoms with Gasteiger partial charge in [0.1, 0.15) is 0 Å². The van der Waals surface area contributed by atoms with Crippen molar-refractivity contribution in [1.29, 1.82) is 0 Å². The Morgan fingerprint density at radius 3 is 1.85 bits per heavy atom. The Hall–Kier alpha value is -2.43. The van der Waals surface area contributed by atoms with Crippen molar-refractivity contribution < 1.29 is 17.6 Å². The van der Waals surface area contributed by atoms with E-state index in [1.165, 1.54) is 30.5 Å². The van der Waals surface area contributed by atoms with Gasteiger partial charge in [-0.05, 0) is 30.5 Å². The maximum Gasteiger partial charge on any atom is 0.340 e. The molecule has 0 amide bonds. The van der Waals surface area contributed by atoms with Gasteiger partial charge in [-0.2, -0.15) is 17.6 Å². The highest BCUT2D eigenvalue weighted by Gasteiger charge is 2.62. The molecule has 1 aliphatic carbocycles. The van der Waals surface area contributed by atoms with Crippen LogP contribution in [0.4, 0.5) is 17.6 Å². The normalized spacial score (nSPS) is 18.2. The molecule has 0 unspecified atom stereocenters. The molecule has 1 aromatic heterocycles. The summed E-state index contributed by atoms with van der Waals surface area (Å²) in [5.74, 6) is -8.63. The highest BCUT2D eigenvalue weighted by Crippen LogP contribution is 2.53. The smallest absolute Gasteiger partial charge is 0.261 e. The number of benzene rings is 1. The van der Waals surface area contributed by atoms with E-state index in [0.29, 0.717) is 5.69 Å². The van der Waals surface area contributed by atoms with Crippen molar-refractivity contribution in [1.82, 2.24) is 4.98 Å². The van der Waals surface area contributed by atoms with Crippen LogP contribution < -0.4 is 0 Å². The maximum atomic E-state index is 14.7. The molecule has 2 aromatic rings. The topological polar surface area (TPSA) is 12.9 Å². The van der Waals surface area contributed by atoms with Crippen molar-refractivity contribution in [3.05, 3.63) is 77.1 Å². The van der Waals surface area contributed by atoms with Gasteiger partial charge in [0, 0.05) is 28.6 Å². The highest BCUT2D eigenvalue weighted by molar-refractivity contribution is 5.86. The number of aromatic nitrogens is 1. The van der Waals surface area contributed by atoms with Crippen molar-refractivity contribution in [3.63, 3.8) is 0 Å². The molecule has 0 saturated heterocycles. The summed E-state index contributed by atoms with van der Waals surface area (Å²) in [4.78, 5) is 3.93. The first-order valence-corrected chi connectivity index (χ1v) is 8.48. The van der Waals surface area contributed by atoms with Crippen LogP contribution in [0.5, 0.6) is 0 Å². The van der Waals surface area contributed by atoms with Gasteiger partial charge in [0.2, 0.25) is 0 Å². The standard InChI is InChI=1S/C21H19F4N/c1-3-4-15-6-9-16(10-7-15)18-11-12-19(21(24,25)20(18,22)23)17-8-5-14(2)26-13-17/h5-13H,3-4H2,1-2H3. The molecular weight excluding hydrogens is 342 g/mol. The molecule has 0 aliphatic heterocycles. The maximum absolute atomic E-state index is 14.7. The van der Waals surface area contributed by atoms with Crippen molar-refractivity contribution in [2.24, 2.45) is 0 Å². The first-order valence-electron chi connectivity index (χ1n) is 8.48. The van der Waals surface area contributed by atoms with Crippen molar-refractivity contribution in [2.75, 3.05) is 0 Å². The van der Waals surface area contributed by atoms with Gasteiger partial charge in [0.25, 0.3) is 0 Å². The number of allylic oxidation sites excluding steroid dienone is 4. The third-order valence-corrected chi connectivity index (χ3v) is 4.51. The first-order chi connectivity index (χ1) is 12.3. The fourth-order valence-electron chi connectivity index (χ4n) is 3.04. The van der Waals surface area contributed by atoms with E-state index in [-0.39, 0.29) is 11.1 Å². The van der Waals surface area contributed by atoms with Crippen LogP contribution in [0.15, 0.2) is 54.7 Å². The molecule has 1 nitrogen and oxygen atoms in total. The number of hydrogen-bond donors (Lipinski definition) is 0. The van der Waals surface area contributed by atoms with Crippen LogP contribution in [0.3, 0.4) is 0 Å². The van der Waals surface area contributed by atoms with E-state index in [1.807, 2.05) is 6.92 Å². The Morgan fingerprint density at radius 2 is 1.35 bits per heavy atom. The molecular formula is C21H19F4N. The minimum absolute atomic E-state index is 0.00568. The molecule has 1 heterocycles. The van der Waals surface area contributed by atoms with E-state index >= 15 is 0 Å². The zero-order valence-electron chi connectivity index (χ0n) is 14.6. The lowest BCUT2D eigenvalue weighted by Gasteiger charge is -2.33. The zero-order chi connectivity index (χ0) is 18.9. The van der Waals surface area contributed by atoms with Crippen LogP contribution in [0, 0.1) is 6.92 Å². The second kappa shape index (κ2) is 6.71. The number of alkyl halides is 4. The summed E-state index contributed by atoms with van der Waals surface area (Å²) in [6.45, 7) is 3.71. The summed E-state index contributed by atoms with van der Waals surface area (Å²) < 4.78 is 58.8. The molecule has 136 valence electrons. The van der Waals surface area contributed by atoms with Gasteiger partial charge in [-0.25, -0.2) is 0 Å². The number of pyridine rings is 1. The Kier molecular flexibility index (Phi) is 4.74. The van der Waals surface area contributed by atoms with Crippen LogP contribution in [-0.4, -0.2) is 16.8 Å². The van der Waals surface area contributed by atoms with Crippen LogP contribution in [0.2, 0.25) is 0 Å². The van der Waals surface area contributed by atoms with Gasteiger partial charge in [-0.3, -0.25) is 4.98 Å². The Balaban J connectivity index is 2.05. The van der Waals surface area contributed by atoms with Crippen LogP contribution in [0.1, 0.15) is 35.7 Å². The Bertz CT molecular complexity index is 847. The quantitative estimate of drug-likeness (QED) is 0.600. The van der Waals surface area contributed by atoms with Gasteiger partial charge in [-0.15, -0.1) is 0 Å². The molecule has 5 heteroatoms. The lowest BCUT2D eigenvalue weighted by molar-refractivity contribution is -0.133. The molecule has 1 aliphatic rings. The molecule has 0 atom stereocenters. The minimum atomic E-state index is -4.32. The zero-order valence-corrected chi connectivity index (χ0v) is 14.6. The molecule has 1 aromatic carbocycles. The van der Waals surface area contributed by atoms with E-state index in [1.54, 1.807) is 19.1 Å². The highest BCUT2D eigenvalue weighted by atomic mass is 19.3. The molecule has 3 rings (SSSR count). The van der Waals surface area contributed by atoms with E-state index in [0.717, 1.165) is 30.6 Å². The third kappa shape index (κ3) is 3.06. The van der Waals surface area contributed by atoms with Gasteiger partial charge in [0.15, 0.2) is 0 Å². The number of halogens is 4. The number of hydrogen-bond acceptors (Lipinski definition) is 1. The molecule has 0 radical (unpaired) electrons. The lowest BCUT2D eigenvalue weighted by atomic mass is 9.84. The van der Waals surface area contributed by atoms with Gasteiger partial charge in [0.05, 0.1) is 0 Å². The largest absolute Gasteiger partial charge is 0.340 e. The van der Waals surface area contributed by atoms with Crippen LogP contribution in [0.25, 0.3) is 11.1 Å². The summed E-state index contributed by atoms with van der Waals surface area (Å²) in [6.07, 6.45) is 5.09. The number of aryl methyl sites for hydroxylation is 2. The summed E-state index contributed by atoms with van der Waals surface area (Å²) in [5, 5.41) is 0. The third-order valence-electron chi connectivity index (χ3n) is 4.51. The van der Waals surface area contributed by atoms with Gasteiger partial charge < -0.3 is 0 Å². The molecule has 0 bridgehead atoms. The number of nitrogens with zero attached hydrogens (tertiary/aromatic N) is 1. The number of rotatable bonds is 4. The van der Waals surface area contributed by atoms with E-state index in [4.69, 9.17) is 0 Å². The molecule has 0 spiro atoms. The Labute approximate surface area is 150 Å². The molecule has 0 fully saturated rings. The predicted octanol–water partition coefficient (Wildman–Crippen LogP) is 6.09. The van der Waals surface area contributed by atoms with Crippen LogP contribution in [-0.2, 0) is 6.42 Å². The van der Waals surface area contributed by atoms with Crippen molar-refractivity contribution in [3.8, 4) is 0 Å². The predicted molar refractivity (Wildman–Crippen MR) is 95.3 cm³/mol. The summed E-state index contributed by atoms with van der Waals surface area (Å²) in [7, 11) is 0. The second-order valence-corrected chi connectivity index (χ2v) is 6.44. The first kappa shape index (κ1) is 18.4. The SMILES string of the molecule is CCCc1ccc(C2=CC=C(c3ccc(C)nc3)C(F)(F)C2(F)F)cc1.